The minimum Gasteiger partial charge on any atom is -0.481 e. The van der Waals surface area contributed by atoms with Gasteiger partial charge in [0.25, 0.3) is 0 Å². The van der Waals surface area contributed by atoms with Crippen LogP contribution in [0.5, 0.6) is 0 Å². The number of carboxylic acid groups (broad SMARTS) is 3. The van der Waals surface area contributed by atoms with Crippen molar-refractivity contribution in [3.05, 3.63) is 35.9 Å². The normalized spacial score (nSPS) is 14.3. The zero-order valence-electron chi connectivity index (χ0n) is 35.6. The second-order valence-corrected chi connectivity index (χ2v) is 15.7. The van der Waals surface area contributed by atoms with Gasteiger partial charge in [0.05, 0.1) is 25.4 Å². The molecule has 372 valence electrons. The first-order valence-electron chi connectivity index (χ1n) is 19.9. The molecule has 67 heavy (non-hydrogen) atoms. The zero-order chi connectivity index (χ0) is 50.8. The molecule has 0 radical (unpaired) electrons. The molecule has 8 atom stereocenters. The van der Waals surface area contributed by atoms with Crippen molar-refractivity contribution >= 4 is 122 Å². The lowest BCUT2D eigenvalue weighted by molar-refractivity contribution is -0.143. The Morgan fingerprint density at radius 3 is 1.43 bits per heavy atom. The number of aliphatic carboxylic acids is 3. The number of guanidine groups is 1. The van der Waals surface area contributed by atoms with Gasteiger partial charge < -0.3 is 74.6 Å². The fraction of sp³-hybridized carbons (Fsp3) is 0.514. The van der Waals surface area contributed by atoms with Crippen molar-refractivity contribution in [3.63, 3.8) is 0 Å². The van der Waals surface area contributed by atoms with Crippen LogP contribution in [-0.2, 0) is 59.2 Å². The van der Waals surface area contributed by atoms with E-state index in [1.807, 2.05) is 5.32 Å². The number of benzene rings is 1. The first-order chi connectivity index (χ1) is 31.6. The number of carboxylic acids is 3. The summed E-state index contributed by atoms with van der Waals surface area (Å²) in [5.41, 5.74) is 11.7. The molecule has 0 fully saturated rings. The van der Waals surface area contributed by atoms with Crippen LogP contribution < -0.4 is 59.3 Å². The van der Waals surface area contributed by atoms with Gasteiger partial charge >= 0.3 is 17.9 Å². The van der Waals surface area contributed by atoms with Crippen molar-refractivity contribution in [2.75, 3.05) is 36.1 Å². The summed E-state index contributed by atoms with van der Waals surface area (Å²) in [7, 11) is 0. The van der Waals surface area contributed by atoms with Gasteiger partial charge in [-0.1, -0.05) is 30.3 Å². The van der Waals surface area contributed by atoms with Crippen molar-refractivity contribution in [3.8, 4) is 0 Å². The van der Waals surface area contributed by atoms with Crippen molar-refractivity contribution in [1.82, 2.24) is 47.9 Å². The molecule has 30 heteroatoms. The number of carbonyl (C=O) groups excluding carboxylic acids is 8. The van der Waals surface area contributed by atoms with E-state index in [-0.39, 0.29) is 43.1 Å². The number of carbonyl (C=O) groups is 11. The summed E-state index contributed by atoms with van der Waals surface area (Å²) in [6.07, 6.45) is -2.16. The molecule has 0 spiro atoms. The van der Waals surface area contributed by atoms with Crippen molar-refractivity contribution in [1.29, 1.82) is 5.41 Å². The number of nitrogens with one attached hydrogen (secondary N) is 10. The predicted octanol–water partition coefficient (Wildman–Crippen LogP) is -5.92. The van der Waals surface area contributed by atoms with Gasteiger partial charge in [-0.25, -0.2) is 4.79 Å². The molecule has 1 aromatic carbocycles. The van der Waals surface area contributed by atoms with Gasteiger partial charge in [-0.15, -0.1) is 0 Å². The number of amides is 8. The van der Waals surface area contributed by atoms with E-state index in [1.54, 1.807) is 30.3 Å². The fourth-order valence-electron chi connectivity index (χ4n) is 5.46. The van der Waals surface area contributed by atoms with Gasteiger partial charge in [-0.2, -0.15) is 50.5 Å². The lowest BCUT2D eigenvalue weighted by Gasteiger charge is -2.25. The van der Waals surface area contributed by atoms with Crippen LogP contribution in [0.25, 0.3) is 0 Å². The van der Waals surface area contributed by atoms with E-state index >= 15 is 0 Å². The highest BCUT2D eigenvalue weighted by atomic mass is 32.1. The van der Waals surface area contributed by atoms with Gasteiger partial charge in [-0.3, -0.25) is 53.4 Å². The number of rotatable bonds is 31. The molecule has 0 unspecified atom stereocenters. The maximum Gasteiger partial charge on any atom is 0.327 e. The van der Waals surface area contributed by atoms with Crippen LogP contribution in [0, 0.1) is 5.41 Å². The lowest BCUT2D eigenvalue weighted by atomic mass is 10.0. The molecular formula is C37H56N12O14S4. The van der Waals surface area contributed by atoms with E-state index in [1.165, 1.54) is 0 Å². The Morgan fingerprint density at radius 1 is 0.537 bits per heavy atom. The third kappa shape index (κ3) is 22.9. The van der Waals surface area contributed by atoms with Gasteiger partial charge in [0.15, 0.2) is 5.96 Å². The second-order valence-electron chi connectivity index (χ2n) is 14.2. The van der Waals surface area contributed by atoms with E-state index in [0.717, 1.165) is 0 Å². The van der Waals surface area contributed by atoms with E-state index < -0.39 is 145 Å². The summed E-state index contributed by atoms with van der Waals surface area (Å²) in [5.74, 6) is -14.5. The van der Waals surface area contributed by atoms with Gasteiger partial charge in [0, 0.05) is 36.0 Å². The van der Waals surface area contributed by atoms with E-state index in [9.17, 15) is 68.1 Å². The predicted molar refractivity (Wildman–Crippen MR) is 251 cm³/mol. The minimum absolute atomic E-state index is 0.0225. The summed E-state index contributed by atoms with van der Waals surface area (Å²) < 4.78 is 0. The Kier molecular flexibility index (Phi) is 27.4. The third-order valence-electron chi connectivity index (χ3n) is 8.96. The Morgan fingerprint density at radius 2 is 0.970 bits per heavy atom. The fourth-order valence-corrected chi connectivity index (χ4v) is 6.39. The number of hydrogen-bond donors (Lipinski definition) is 19. The molecule has 0 aliphatic carbocycles. The highest BCUT2D eigenvalue weighted by molar-refractivity contribution is 7.80. The lowest BCUT2D eigenvalue weighted by Crippen LogP contribution is -2.59. The van der Waals surface area contributed by atoms with Crippen LogP contribution >= 0.6 is 50.5 Å². The Balaban J connectivity index is 3.16. The topological polar surface area (TPSA) is 433 Å². The highest BCUT2D eigenvalue weighted by Crippen LogP contribution is 2.07. The maximum absolute atomic E-state index is 13.5. The molecular weight excluding hydrogens is 965 g/mol. The van der Waals surface area contributed by atoms with E-state index in [4.69, 9.17) is 16.9 Å². The molecule has 26 nitrogen and oxygen atoms in total. The van der Waals surface area contributed by atoms with Crippen LogP contribution in [0.15, 0.2) is 30.3 Å². The number of thiol groups is 4. The summed E-state index contributed by atoms with van der Waals surface area (Å²) in [4.78, 5) is 140. The second kappa shape index (κ2) is 31.1. The van der Waals surface area contributed by atoms with Gasteiger partial charge in [0.1, 0.15) is 42.3 Å². The highest BCUT2D eigenvalue weighted by Gasteiger charge is 2.34. The summed E-state index contributed by atoms with van der Waals surface area (Å²) in [5, 5.41) is 56.0. The quantitative estimate of drug-likeness (QED) is 0.0143. The Hall–Kier alpha value is -5.98. The standard InChI is InChI=1S/C37H56N12O14S4/c38-18(13-64)29(55)44-20(9-17-5-2-1-3-6-17)32(58)48-24(15-66)34(60)45-21(10-27(51)52)30(56)42-12-26(50)43-19(7-4-8-41-37(39)40)31(57)47-23(14-65)35(61)46-22(11-28(53)54)33(59)49-25(16-67)36(62)63/h1-3,5-6,18-25,64-67H,4,7-16,38H2,(H,42,56)(H,43,50)(H,44,55)(H,45,60)(H,46,61)(H,47,57)(H,48,58)(H,49,59)(H,51,52)(H,53,54)(H,62,63)(H4,39,40,41)/t18-,19-,20-,21-,22-,23-,24-,25-/m0/s1. The molecule has 0 heterocycles. The molecule has 0 aliphatic rings. The van der Waals surface area contributed by atoms with Crippen LogP contribution in [0.1, 0.15) is 31.2 Å². The average molecular weight is 1020 g/mol. The monoisotopic (exact) mass is 1020 g/mol. The third-order valence-corrected chi connectivity index (χ3v) is 10.4. The SMILES string of the molecule is N=C(N)NCCC[C@H](NC(=O)CNC(=O)[C@H](CC(=O)O)NC(=O)[C@H](CS)NC(=O)[C@H](Cc1ccccc1)NC(=O)[C@@H](N)CS)C(=O)N[C@@H](CS)C(=O)N[C@@H](CC(=O)O)C(=O)N[C@@H](CS)C(=O)O. The Bertz CT molecular complexity index is 1940. The molecule has 17 N–H and O–H groups in total. The van der Waals surface area contributed by atoms with Crippen LogP contribution in [-0.4, -0.2) is 171 Å². The largest absolute Gasteiger partial charge is 0.481 e. The number of nitrogens with two attached hydrogens (primary N) is 2. The summed E-state index contributed by atoms with van der Waals surface area (Å²) in [6.45, 7) is -0.886. The van der Waals surface area contributed by atoms with E-state index in [0.29, 0.717) is 5.56 Å². The summed E-state index contributed by atoms with van der Waals surface area (Å²) in [6, 6.07) is -3.57. The van der Waals surface area contributed by atoms with Gasteiger partial charge in [-0.05, 0) is 18.4 Å². The van der Waals surface area contributed by atoms with E-state index in [2.05, 4.69) is 93.0 Å². The smallest absolute Gasteiger partial charge is 0.327 e. The number of hydrogen-bond acceptors (Lipinski definition) is 17. The van der Waals surface area contributed by atoms with Crippen molar-refractivity contribution in [2.45, 2.75) is 80.4 Å². The molecule has 1 aromatic rings. The van der Waals surface area contributed by atoms with Crippen molar-refractivity contribution in [2.24, 2.45) is 11.5 Å². The molecule has 0 saturated carbocycles. The molecule has 0 aliphatic heterocycles. The zero-order valence-corrected chi connectivity index (χ0v) is 39.1. The summed E-state index contributed by atoms with van der Waals surface area (Å²) >= 11 is 16.0. The molecule has 0 aromatic heterocycles. The molecule has 8 amide bonds. The maximum atomic E-state index is 13.5. The van der Waals surface area contributed by atoms with Crippen molar-refractivity contribution < 1.29 is 68.1 Å². The first kappa shape index (κ1) is 59.0. The molecule has 1 rings (SSSR count). The van der Waals surface area contributed by atoms with Gasteiger partial charge in [0.2, 0.25) is 47.3 Å². The van der Waals surface area contributed by atoms with Crippen LogP contribution in [0.4, 0.5) is 0 Å². The van der Waals surface area contributed by atoms with Crippen LogP contribution in [0.2, 0.25) is 0 Å². The molecule has 0 bridgehead atoms. The minimum atomic E-state index is -1.84. The van der Waals surface area contributed by atoms with Crippen LogP contribution in [0.3, 0.4) is 0 Å². The Labute approximate surface area is 405 Å². The average Bonchev–Trinajstić information content (AvgIpc) is 3.27. The first-order valence-corrected chi connectivity index (χ1v) is 22.5. The molecule has 0 saturated heterocycles.